The molecule has 2 heteroatoms. The van der Waals surface area contributed by atoms with Crippen molar-refractivity contribution in [3.63, 3.8) is 0 Å². The molecule has 0 aromatic heterocycles. The fraction of sp³-hybridized carbons (Fsp3) is 0.600. The second kappa shape index (κ2) is 7.78. The molecular formula is C15H25NS. The van der Waals surface area contributed by atoms with Crippen molar-refractivity contribution in [3.05, 3.63) is 29.8 Å². The Labute approximate surface area is 110 Å². The lowest BCUT2D eigenvalue weighted by atomic mass is 10.0. The van der Waals surface area contributed by atoms with E-state index in [0.29, 0.717) is 6.04 Å². The average molecular weight is 251 g/mol. The molecule has 0 radical (unpaired) electrons. The monoisotopic (exact) mass is 251 g/mol. The predicted molar refractivity (Wildman–Crippen MR) is 78.8 cm³/mol. The van der Waals surface area contributed by atoms with Crippen LogP contribution in [0, 0.1) is 12.8 Å². The molecule has 1 rings (SSSR count). The summed E-state index contributed by atoms with van der Waals surface area (Å²) < 4.78 is 0. The maximum atomic E-state index is 3.44. The summed E-state index contributed by atoms with van der Waals surface area (Å²) in [5.41, 5.74) is 1.39. The molecule has 0 saturated heterocycles. The normalized spacial score (nSPS) is 14.6. The first kappa shape index (κ1) is 14.6. The highest BCUT2D eigenvalue weighted by molar-refractivity contribution is 7.99. The molecule has 0 spiro atoms. The Kier molecular flexibility index (Phi) is 6.68. The molecule has 0 fully saturated rings. The fourth-order valence-electron chi connectivity index (χ4n) is 1.83. The van der Waals surface area contributed by atoms with Crippen molar-refractivity contribution in [3.8, 4) is 0 Å². The Morgan fingerprint density at radius 2 is 2.00 bits per heavy atom. The van der Waals surface area contributed by atoms with Gasteiger partial charge in [-0.05, 0) is 37.9 Å². The van der Waals surface area contributed by atoms with E-state index < -0.39 is 0 Å². The largest absolute Gasteiger partial charge is 0.316 e. The highest BCUT2D eigenvalue weighted by Gasteiger charge is 2.11. The first-order valence-electron chi connectivity index (χ1n) is 6.53. The summed E-state index contributed by atoms with van der Waals surface area (Å²) in [4.78, 5) is 1.41. The van der Waals surface area contributed by atoms with Crippen molar-refractivity contribution in [2.45, 2.75) is 44.6 Å². The van der Waals surface area contributed by atoms with Crippen LogP contribution in [0.15, 0.2) is 29.2 Å². The van der Waals surface area contributed by atoms with Crippen LogP contribution in [0.2, 0.25) is 0 Å². The second-order valence-corrected chi connectivity index (χ2v) is 5.87. The molecule has 1 nitrogen and oxygen atoms in total. The summed E-state index contributed by atoms with van der Waals surface area (Å²) in [5, 5.41) is 3.44. The Hall–Kier alpha value is -0.470. The van der Waals surface area contributed by atoms with Crippen LogP contribution in [0.5, 0.6) is 0 Å². The quantitative estimate of drug-likeness (QED) is 0.732. The van der Waals surface area contributed by atoms with E-state index in [1.807, 2.05) is 11.8 Å². The lowest BCUT2D eigenvalue weighted by Gasteiger charge is -2.19. The van der Waals surface area contributed by atoms with Gasteiger partial charge in [0.15, 0.2) is 0 Å². The molecule has 0 aliphatic rings. The summed E-state index contributed by atoms with van der Waals surface area (Å²) in [6, 6.07) is 9.25. The number of aryl methyl sites for hydroxylation is 1. The summed E-state index contributed by atoms with van der Waals surface area (Å²) in [6.07, 6.45) is 2.54. The van der Waals surface area contributed by atoms with E-state index in [-0.39, 0.29) is 0 Å². The van der Waals surface area contributed by atoms with Crippen LogP contribution in [-0.4, -0.2) is 18.8 Å². The van der Waals surface area contributed by atoms with Gasteiger partial charge in [-0.1, -0.05) is 38.5 Å². The molecule has 0 saturated carbocycles. The number of thioether (sulfide) groups is 1. The van der Waals surface area contributed by atoms with Crippen LogP contribution in [0.3, 0.4) is 0 Å². The van der Waals surface area contributed by atoms with E-state index in [1.54, 1.807) is 0 Å². The first-order chi connectivity index (χ1) is 8.17. The summed E-state index contributed by atoms with van der Waals surface area (Å²) >= 11 is 1.97. The van der Waals surface area contributed by atoms with E-state index in [2.05, 4.69) is 57.4 Å². The van der Waals surface area contributed by atoms with Crippen LogP contribution in [0.25, 0.3) is 0 Å². The van der Waals surface area contributed by atoms with Crippen molar-refractivity contribution in [2.24, 2.45) is 5.92 Å². The van der Waals surface area contributed by atoms with E-state index >= 15 is 0 Å². The maximum Gasteiger partial charge on any atom is 0.0161 e. The van der Waals surface area contributed by atoms with E-state index in [1.165, 1.54) is 23.3 Å². The minimum Gasteiger partial charge on any atom is -0.316 e. The standard InChI is InChI=1S/C15H25NS/c1-5-12(2)10-14(16-4)11-17-15-9-7-6-8-13(15)3/h6-9,12,14,16H,5,10-11H2,1-4H3. The highest BCUT2D eigenvalue weighted by atomic mass is 32.2. The van der Waals surface area contributed by atoms with E-state index in [4.69, 9.17) is 0 Å². The van der Waals surface area contributed by atoms with Crippen LogP contribution in [-0.2, 0) is 0 Å². The molecular weight excluding hydrogens is 226 g/mol. The fourth-order valence-corrected chi connectivity index (χ4v) is 2.98. The maximum absolute atomic E-state index is 3.44. The molecule has 1 N–H and O–H groups in total. The van der Waals surface area contributed by atoms with E-state index in [0.717, 1.165) is 11.7 Å². The van der Waals surface area contributed by atoms with Gasteiger partial charge in [0.05, 0.1) is 0 Å². The van der Waals surface area contributed by atoms with Crippen LogP contribution < -0.4 is 5.32 Å². The number of hydrogen-bond donors (Lipinski definition) is 1. The molecule has 0 aliphatic carbocycles. The number of nitrogens with one attached hydrogen (secondary N) is 1. The van der Waals surface area contributed by atoms with Crippen molar-refractivity contribution < 1.29 is 0 Å². The third-order valence-corrected chi connectivity index (χ3v) is 4.66. The second-order valence-electron chi connectivity index (χ2n) is 4.81. The SMILES string of the molecule is CCC(C)CC(CSc1ccccc1C)NC. The Morgan fingerprint density at radius 1 is 1.29 bits per heavy atom. The number of rotatable bonds is 7. The van der Waals surface area contributed by atoms with Gasteiger partial charge in [-0.25, -0.2) is 0 Å². The van der Waals surface area contributed by atoms with Gasteiger partial charge in [0.25, 0.3) is 0 Å². The minimum atomic E-state index is 0.620. The Morgan fingerprint density at radius 3 is 2.59 bits per heavy atom. The van der Waals surface area contributed by atoms with Crippen LogP contribution in [0.1, 0.15) is 32.3 Å². The van der Waals surface area contributed by atoms with Crippen molar-refractivity contribution in [2.75, 3.05) is 12.8 Å². The minimum absolute atomic E-state index is 0.620. The smallest absolute Gasteiger partial charge is 0.0161 e. The van der Waals surface area contributed by atoms with E-state index in [9.17, 15) is 0 Å². The van der Waals surface area contributed by atoms with Gasteiger partial charge in [-0.2, -0.15) is 0 Å². The molecule has 0 bridgehead atoms. The Balaban J connectivity index is 2.45. The molecule has 17 heavy (non-hydrogen) atoms. The average Bonchev–Trinajstić information content (AvgIpc) is 2.35. The van der Waals surface area contributed by atoms with Crippen molar-refractivity contribution in [1.82, 2.24) is 5.32 Å². The van der Waals surface area contributed by atoms with Gasteiger partial charge in [0, 0.05) is 16.7 Å². The molecule has 1 aromatic rings. The lowest BCUT2D eigenvalue weighted by Crippen LogP contribution is -2.29. The van der Waals surface area contributed by atoms with Gasteiger partial charge in [-0.15, -0.1) is 11.8 Å². The Bertz CT molecular complexity index is 324. The van der Waals surface area contributed by atoms with Gasteiger partial charge in [0.2, 0.25) is 0 Å². The van der Waals surface area contributed by atoms with Crippen molar-refractivity contribution >= 4 is 11.8 Å². The zero-order chi connectivity index (χ0) is 12.7. The third kappa shape index (κ3) is 5.13. The molecule has 96 valence electrons. The van der Waals surface area contributed by atoms with Gasteiger partial charge >= 0.3 is 0 Å². The molecule has 0 aliphatic heterocycles. The molecule has 1 aromatic carbocycles. The van der Waals surface area contributed by atoms with Gasteiger partial charge in [0.1, 0.15) is 0 Å². The molecule has 2 atom stereocenters. The molecule has 0 amide bonds. The highest BCUT2D eigenvalue weighted by Crippen LogP contribution is 2.24. The number of benzene rings is 1. The summed E-state index contributed by atoms with van der Waals surface area (Å²) in [6.45, 7) is 6.79. The topological polar surface area (TPSA) is 12.0 Å². The summed E-state index contributed by atoms with van der Waals surface area (Å²) in [5.74, 6) is 1.97. The van der Waals surface area contributed by atoms with Crippen LogP contribution in [0.4, 0.5) is 0 Å². The van der Waals surface area contributed by atoms with Gasteiger partial charge in [-0.3, -0.25) is 0 Å². The zero-order valence-corrected chi connectivity index (χ0v) is 12.3. The molecule has 2 unspecified atom stereocenters. The lowest BCUT2D eigenvalue weighted by molar-refractivity contribution is 0.436. The molecule has 0 heterocycles. The predicted octanol–water partition coefficient (Wildman–Crippen LogP) is 4.11. The zero-order valence-electron chi connectivity index (χ0n) is 11.5. The third-order valence-electron chi connectivity index (χ3n) is 3.33. The van der Waals surface area contributed by atoms with Gasteiger partial charge < -0.3 is 5.32 Å². The number of hydrogen-bond acceptors (Lipinski definition) is 2. The van der Waals surface area contributed by atoms with Crippen LogP contribution >= 0.6 is 11.8 Å². The summed E-state index contributed by atoms with van der Waals surface area (Å²) in [7, 11) is 2.07. The first-order valence-corrected chi connectivity index (χ1v) is 7.51. The van der Waals surface area contributed by atoms with Crippen molar-refractivity contribution in [1.29, 1.82) is 0 Å².